The van der Waals surface area contributed by atoms with Crippen LogP contribution in [0.25, 0.3) is 0 Å². The SMILES string of the molecule is CC1CC2(C3CC4CC(C)C3C4)CC(C1C)C2C. The van der Waals surface area contributed by atoms with E-state index < -0.39 is 0 Å². The van der Waals surface area contributed by atoms with Gasteiger partial charge >= 0.3 is 0 Å². The lowest BCUT2D eigenvalue weighted by Crippen LogP contribution is -2.60. The van der Waals surface area contributed by atoms with Gasteiger partial charge in [-0.2, -0.15) is 0 Å². The van der Waals surface area contributed by atoms with Gasteiger partial charge in [0.05, 0.1) is 0 Å². The number of hydrogen-bond donors (Lipinski definition) is 0. The molecule has 0 spiro atoms. The zero-order chi connectivity index (χ0) is 12.7. The van der Waals surface area contributed by atoms with Crippen molar-refractivity contribution in [3.63, 3.8) is 0 Å². The first kappa shape index (κ1) is 11.8. The number of hydrogen-bond acceptors (Lipinski definition) is 0. The summed E-state index contributed by atoms with van der Waals surface area (Å²) in [5, 5.41) is 0. The van der Waals surface area contributed by atoms with Gasteiger partial charge in [0.25, 0.3) is 0 Å². The van der Waals surface area contributed by atoms with E-state index in [1.165, 1.54) is 0 Å². The van der Waals surface area contributed by atoms with Gasteiger partial charge in [0.1, 0.15) is 0 Å². The molecule has 0 radical (unpaired) electrons. The predicted octanol–water partition coefficient (Wildman–Crippen LogP) is 4.99. The van der Waals surface area contributed by atoms with E-state index in [9.17, 15) is 0 Å². The van der Waals surface area contributed by atoms with Gasteiger partial charge in [0.15, 0.2) is 0 Å². The van der Waals surface area contributed by atoms with Gasteiger partial charge < -0.3 is 0 Å². The Balaban J connectivity index is 1.62. The molecule has 5 rings (SSSR count). The smallest absolute Gasteiger partial charge is 0.0232 e. The fraction of sp³-hybridized carbons (Fsp3) is 1.00. The van der Waals surface area contributed by atoms with Gasteiger partial charge in [-0.3, -0.25) is 0 Å². The molecular formula is C18H30. The van der Waals surface area contributed by atoms with Gasteiger partial charge in [-0.15, -0.1) is 0 Å². The van der Waals surface area contributed by atoms with E-state index >= 15 is 0 Å². The van der Waals surface area contributed by atoms with Crippen LogP contribution in [0.5, 0.6) is 0 Å². The number of rotatable bonds is 1. The first-order chi connectivity index (χ1) is 8.53. The summed E-state index contributed by atoms with van der Waals surface area (Å²) in [5.74, 6) is 8.50. The Hall–Kier alpha value is 0. The second-order valence-electron chi connectivity index (χ2n) is 8.75. The van der Waals surface area contributed by atoms with Crippen molar-refractivity contribution in [1.82, 2.24) is 0 Å². The fourth-order valence-electron chi connectivity index (χ4n) is 7.19. The first-order valence-corrected chi connectivity index (χ1v) is 8.53. The second kappa shape index (κ2) is 3.55. The first-order valence-electron chi connectivity index (χ1n) is 8.53. The highest BCUT2D eigenvalue weighted by molar-refractivity contribution is 5.13. The van der Waals surface area contributed by atoms with E-state index in [2.05, 4.69) is 27.7 Å². The molecule has 102 valence electrons. The third-order valence-electron chi connectivity index (χ3n) is 8.32. The molecule has 4 bridgehead atoms. The Labute approximate surface area is 113 Å². The summed E-state index contributed by atoms with van der Waals surface area (Å²) >= 11 is 0. The van der Waals surface area contributed by atoms with E-state index in [1.807, 2.05) is 0 Å². The fourth-order valence-corrected chi connectivity index (χ4v) is 7.19. The maximum absolute atomic E-state index is 2.60. The van der Waals surface area contributed by atoms with Gasteiger partial charge in [-0.25, -0.2) is 0 Å². The molecular weight excluding hydrogens is 216 g/mol. The summed E-state index contributed by atoms with van der Waals surface area (Å²) in [7, 11) is 0. The highest BCUT2D eigenvalue weighted by Crippen LogP contribution is 2.72. The molecule has 0 aromatic rings. The van der Waals surface area contributed by atoms with Gasteiger partial charge in [-0.05, 0) is 84.9 Å². The summed E-state index contributed by atoms with van der Waals surface area (Å²) in [6, 6.07) is 0. The van der Waals surface area contributed by atoms with E-state index in [1.54, 1.807) is 32.1 Å². The minimum absolute atomic E-state index is 0.796. The van der Waals surface area contributed by atoms with Crippen molar-refractivity contribution in [2.45, 2.75) is 59.8 Å². The standard InChI is InChI=1S/C18H30/c1-10-5-14-6-15(10)17(7-14)18-8-11(2)12(3)16(9-18)13(18)4/h10-17H,5-9H2,1-4H3. The van der Waals surface area contributed by atoms with Crippen LogP contribution >= 0.6 is 0 Å². The van der Waals surface area contributed by atoms with Gasteiger partial charge in [0.2, 0.25) is 0 Å². The molecule has 0 aromatic carbocycles. The van der Waals surface area contributed by atoms with E-state index in [0.29, 0.717) is 0 Å². The van der Waals surface area contributed by atoms with E-state index in [0.717, 1.165) is 52.8 Å². The Morgan fingerprint density at radius 1 is 0.778 bits per heavy atom. The molecule has 5 aliphatic rings. The van der Waals surface area contributed by atoms with Crippen molar-refractivity contribution in [3.8, 4) is 0 Å². The van der Waals surface area contributed by atoms with Crippen LogP contribution < -0.4 is 0 Å². The zero-order valence-corrected chi connectivity index (χ0v) is 12.7. The summed E-state index contributed by atoms with van der Waals surface area (Å²) in [5.41, 5.74) is 0.796. The third kappa shape index (κ3) is 1.23. The molecule has 0 aromatic heterocycles. The molecule has 0 nitrogen and oxygen atoms in total. The maximum Gasteiger partial charge on any atom is -0.0232 e. The molecule has 18 heavy (non-hydrogen) atoms. The van der Waals surface area contributed by atoms with Crippen LogP contribution in [0.1, 0.15) is 59.8 Å². The van der Waals surface area contributed by atoms with Crippen LogP contribution in [0, 0.1) is 52.8 Å². The van der Waals surface area contributed by atoms with Crippen LogP contribution in [-0.4, -0.2) is 0 Å². The van der Waals surface area contributed by atoms with Crippen molar-refractivity contribution in [2.75, 3.05) is 0 Å². The molecule has 5 fully saturated rings. The lowest BCUT2D eigenvalue weighted by molar-refractivity contribution is -0.185. The predicted molar refractivity (Wildman–Crippen MR) is 76.1 cm³/mol. The Morgan fingerprint density at radius 3 is 2.17 bits per heavy atom. The van der Waals surface area contributed by atoms with Crippen molar-refractivity contribution in [2.24, 2.45) is 52.8 Å². The summed E-state index contributed by atoms with van der Waals surface area (Å²) in [6.07, 6.45) is 7.91. The molecule has 5 saturated carbocycles. The Bertz CT molecular complexity index is 359. The molecule has 9 atom stereocenters. The average molecular weight is 246 g/mol. The highest BCUT2D eigenvalue weighted by atomic mass is 14.7. The maximum atomic E-state index is 2.60. The zero-order valence-electron chi connectivity index (χ0n) is 12.7. The minimum Gasteiger partial charge on any atom is -0.0622 e. The van der Waals surface area contributed by atoms with Crippen LogP contribution in [0.3, 0.4) is 0 Å². The quantitative estimate of drug-likeness (QED) is 0.611. The third-order valence-corrected chi connectivity index (χ3v) is 8.32. The summed E-state index contributed by atoms with van der Waals surface area (Å²) in [4.78, 5) is 0. The Morgan fingerprint density at radius 2 is 1.56 bits per heavy atom. The van der Waals surface area contributed by atoms with Gasteiger partial charge in [0, 0.05) is 0 Å². The molecule has 0 N–H and O–H groups in total. The Kier molecular flexibility index (Phi) is 2.33. The summed E-state index contributed by atoms with van der Waals surface area (Å²) in [6.45, 7) is 10.2. The van der Waals surface area contributed by atoms with Crippen molar-refractivity contribution in [1.29, 1.82) is 0 Å². The summed E-state index contributed by atoms with van der Waals surface area (Å²) < 4.78 is 0. The lowest BCUT2D eigenvalue weighted by atomic mass is 9.38. The highest BCUT2D eigenvalue weighted by Gasteiger charge is 2.64. The topological polar surface area (TPSA) is 0 Å². The van der Waals surface area contributed by atoms with Gasteiger partial charge in [-0.1, -0.05) is 27.7 Å². The second-order valence-corrected chi connectivity index (χ2v) is 8.75. The molecule has 9 unspecified atom stereocenters. The average Bonchev–Trinajstić information content (AvgIpc) is 2.89. The monoisotopic (exact) mass is 246 g/mol. The largest absolute Gasteiger partial charge is 0.0622 e. The molecule has 5 aliphatic carbocycles. The molecule has 0 heteroatoms. The number of fused-ring (bicyclic) bond motifs is 4. The lowest BCUT2D eigenvalue weighted by Gasteiger charge is -2.67. The van der Waals surface area contributed by atoms with Crippen LogP contribution in [0.4, 0.5) is 0 Å². The van der Waals surface area contributed by atoms with Crippen molar-refractivity contribution in [3.05, 3.63) is 0 Å². The molecule has 0 amide bonds. The van der Waals surface area contributed by atoms with Crippen LogP contribution in [-0.2, 0) is 0 Å². The van der Waals surface area contributed by atoms with E-state index in [4.69, 9.17) is 0 Å². The van der Waals surface area contributed by atoms with E-state index in [-0.39, 0.29) is 0 Å². The van der Waals surface area contributed by atoms with Crippen molar-refractivity contribution < 1.29 is 0 Å². The molecule has 0 saturated heterocycles. The van der Waals surface area contributed by atoms with Crippen LogP contribution in [0.2, 0.25) is 0 Å². The normalized spacial score (nSPS) is 66.0. The molecule has 0 aliphatic heterocycles. The minimum atomic E-state index is 0.796. The van der Waals surface area contributed by atoms with Crippen LogP contribution in [0.15, 0.2) is 0 Å². The molecule has 0 heterocycles. The van der Waals surface area contributed by atoms with Crippen molar-refractivity contribution >= 4 is 0 Å².